The molecule has 2 N–H and O–H groups in total. The normalized spacial score (nSPS) is 25.0. The van der Waals surface area contributed by atoms with Crippen LogP contribution in [0.4, 0.5) is 0 Å². The minimum absolute atomic E-state index is 0.0334. The van der Waals surface area contributed by atoms with Gasteiger partial charge in [-0.2, -0.15) is 0 Å². The third-order valence-electron chi connectivity index (χ3n) is 5.57. The van der Waals surface area contributed by atoms with E-state index in [4.69, 9.17) is 0 Å². The van der Waals surface area contributed by atoms with Crippen molar-refractivity contribution in [1.82, 2.24) is 19.9 Å². The number of nitrogens with zero attached hydrogens (tertiary/aromatic N) is 3. The van der Waals surface area contributed by atoms with E-state index >= 15 is 0 Å². The zero-order chi connectivity index (χ0) is 17.3. The lowest BCUT2D eigenvalue weighted by Gasteiger charge is -2.38. The lowest BCUT2D eigenvalue weighted by atomic mass is 9.75. The first-order valence-electron chi connectivity index (χ1n) is 8.99. The number of carbonyl (C=O) groups is 1. The molecule has 6 nitrogen and oxygen atoms in total. The van der Waals surface area contributed by atoms with Crippen LogP contribution < -0.4 is 5.32 Å². The summed E-state index contributed by atoms with van der Waals surface area (Å²) in [5, 5.41) is 13.0. The highest BCUT2D eigenvalue weighted by atomic mass is 16.3. The van der Waals surface area contributed by atoms with Crippen molar-refractivity contribution < 1.29 is 9.90 Å². The van der Waals surface area contributed by atoms with E-state index in [9.17, 15) is 9.90 Å². The van der Waals surface area contributed by atoms with E-state index in [1.807, 2.05) is 29.0 Å². The van der Waals surface area contributed by atoms with Crippen molar-refractivity contribution in [2.75, 3.05) is 0 Å². The molecule has 4 rings (SSSR count). The van der Waals surface area contributed by atoms with E-state index in [0.29, 0.717) is 18.9 Å². The van der Waals surface area contributed by atoms with Gasteiger partial charge in [0.15, 0.2) is 0 Å². The Morgan fingerprint density at radius 2 is 2.20 bits per heavy atom. The number of nitrogens with one attached hydrogen (secondary N) is 1. The predicted molar refractivity (Wildman–Crippen MR) is 92.5 cm³/mol. The van der Waals surface area contributed by atoms with Crippen LogP contribution in [0.2, 0.25) is 0 Å². The molecule has 1 amide bonds. The average Bonchev–Trinajstić information content (AvgIpc) is 3.19. The molecule has 0 aliphatic heterocycles. The van der Waals surface area contributed by atoms with Gasteiger partial charge in [0.25, 0.3) is 0 Å². The molecule has 25 heavy (non-hydrogen) atoms. The molecular weight excluding hydrogens is 316 g/mol. The molecule has 0 unspecified atom stereocenters. The van der Waals surface area contributed by atoms with Crippen molar-refractivity contribution in [3.05, 3.63) is 48.8 Å². The summed E-state index contributed by atoms with van der Waals surface area (Å²) in [6.45, 7) is 0.683. The molecule has 0 radical (unpaired) electrons. The standard InChI is InChI=1S/C19H24N4O2/c24-16-9-14(10-16)17(11-15-3-1-2-6-21-15)22-18(25)19(4-5-19)12-23-8-7-20-13-23/h1-3,6-8,13-14,16-17,24H,4-5,9-12H2,(H,22,25)/t14?,16?,17-/m1/s1. The number of imidazole rings is 1. The van der Waals surface area contributed by atoms with Gasteiger partial charge in [0.05, 0.1) is 17.8 Å². The lowest BCUT2D eigenvalue weighted by molar-refractivity contribution is -0.128. The zero-order valence-electron chi connectivity index (χ0n) is 14.2. The molecule has 0 saturated heterocycles. The number of carbonyl (C=O) groups excluding carboxylic acids is 1. The summed E-state index contributed by atoms with van der Waals surface area (Å²) in [4.78, 5) is 21.4. The number of aliphatic hydroxyl groups excluding tert-OH is 1. The van der Waals surface area contributed by atoms with Crippen LogP contribution in [-0.4, -0.2) is 37.7 Å². The summed E-state index contributed by atoms with van der Waals surface area (Å²) < 4.78 is 1.98. The van der Waals surface area contributed by atoms with Crippen LogP contribution in [0, 0.1) is 11.3 Å². The van der Waals surface area contributed by atoms with Crippen molar-refractivity contribution in [2.45, 2.75) is 50.8 Å². The summed E-state index contributed by atoms with van der Waals surface area (Å²) >= 11 is 0. The van der Waals surface area contributed by atoms with Gasteiger partial charge in [0.1, 0.15) is 0 Å². The monoisotopic (exact) mass is 340 g/mol. The lowest BCUT2D eigenvalue weighted by Crippen LogP contribution is -2.50. The third kappa shape index (κ3) is 3.58. The first kappa shape index (κ1) is 16.3. The largest absolute Gasteiger partial charge is 0.393 e. The van der Waals surface area contributed by atoms with Gasteiger partial charge in [-0.15, -0.1) is 0 Å². The second kappa shape index (κ2) is 6.59. The van der Waals surface area contributed by atoms with E-state index in [-0.39, 0.29) is 23.5 Å². The number of pyridine rings is 1. The molecule has 0 bridgehead atoms. The highest BCUT2D eigenvalue weighted by molar-refractivity contribution is 5.85. The summed E-state index contributed by atoms with van der Waals surface area (Å²) in [5.74, 6) is 0.452. The number of aromatic nitrogens is 3. The summed E-state index contributed by atoms with van der Waals surface area (Å²) in [6, 6.07) is 5.89. The number of aliphatic hydroxyl groups is 1. The van der Waals surface area contributed by atoms with Gasteiger partial charge >= 0.3 is 0 Å². The third-order valence-corrected chi connectivity index (χ3v) is 5.57. The second-order valence-electron chi connectivity index (χ2n) is 7.51. The van der Waals surface area contributed by atoms with Crippen molar-refractivity contribution in [3.8, 4) is 0 Å². The van der Waals surface area contributed by atoms with E-state index < -0.39 is 0 Å². The topological polar surface area (TPSA) is 80.0 Å². The maximum Gasteiger partial charge on any atom is 0.228 e. The number of amides is 1. The quantitative estimate of drug-likeness (QED) is 0.801. The molecule has 2 aromatic heterocycles. The van der Waals surface area contributed by atoms with Gasteiger partial charge in [0.2, 0.25) is 5.91 Å². The Kier molecular flexibility index (Phi) is 4.29. The van der Waals surface area contributed by atoms with Gasteiger partial charge < -0.3 is 15.0 Å². The van der Waals surface area contributed by atoms with E-state index in [2.05, 4.69) is 15.3 Å². The van der Waals surface area contributed by atoms with Gasteiger partial charge in [-0.1, -0.05) is 6.07 Å². The van der Waals surface area contributed by atoms with Crippen molar-refractivity contribution in [2.24, 2.45) is 11.3 Å². The minimum atomic E-state index is -0.300. The van der Waals surface area contributed by atoms with E-state index in [0.717, 1.165) is 31.4 Å². The van der Waals surface area contributed by atoms with Crippen LogP contribution in [0.15, 0.2) is 43.1 Å². The highest BCUT2D eigenvalue weighted by Gasteiger charge is 2.51. The maximum absolute atomic E-state index is 13.0. The van der Waals surface area contributed by atoms with Crippen LogP contribution in [-0.2, 0) is 17.8 Å². The van der Waals surface area contributed by atoms with Crippen molar-refractivity contribution in [1.29, 1.82) is 0 Å². The Morgan fingerprint density at radius 3 is 2.80 bits per heavy atom. The Hall–Kier alpha value is -2.21. The van der Waals surface area contributed by atoms with E-state index in [1.165, 1.54) is 0 Å². The highest BCUT2D eigenvalue weighted by Crippen LogP contribution is 2.47. The molecule has 2 aliphatic rings. The Bertz CT molecular complexity index is 706. The average molecular weight is 340 g/mol. The Morgan fingerprint density at radius 1 is 1.36 bits per heavy atom. The number of hydrogen-bond acceptors (Lipinski definition) is 4. The molecule has 132 valence electrons. The maximum atomic E-state index is 13.0. The fourth-order valence-corrected chi connectivity index (χ4v) is 3.70. The fraction of sp³-hybridized carbons (Fsp3) is 0.526. The van der Waals surface area contributed by atoms with Crippen LogP contribution in [0.25, 0.3) is 0 Å². The predicted octanol–water partition coefficient (Wildman–Crippen LogP) is 1.56. The Labute approximate surface area is 147 Å². The molecule has 6 heteroatoms. The molecule has 1 atom stereocenters. The molecule has 2 saturated carbocycles. The summed E-state index contributed by atoms with van der Waals surface area (Å²) in [6.07, 6.45) is 11.0. The Balaban J connectivity index is 1.43. The molecule has 2 aliphatic carbocycles. The first-order valence-corrected chi connectivity index (χ1v) is 8.99. The van der Waals surface area contributed by atoms with Gasteiger partial charge in [-0.05, 0) is 43.7 Å². The molecule has 2 aromatic rings. The summed E-state index contributed by atoms with van der Waals surface area (Å²) in [5.41, 5.74) is 0.680. The van der Waals surface area contributed by atoms with E-state index in [1.54, 1.807) is 18.7 Å². The van der Waals surface area contributed by atoms with Crippen LogP contribution in [0.5, 0.6) is 0 Å². The molecular formula is C19H24N4O2. The molecule has 2 heterocycles. The first-order chi connectivity index (χ1) is 12.1. The zero-order valence-corrected chi connectivity index (χ0v) is 14.2. The molecule has 2 fully saturated rings. The minimum Gasteiger partial charge on any atom is -0.393 e. The SMILES string of the molecule is O=C(N[C@H](Cc1ccccn1)C1CC(O)C1)C1(Cn2ccnc2)CC1. The van der Waals surface area contributed by atoms with Gasteiger partial charge in [-0.25, -0.2) is 4.98 Å². The van der Waals surface area contributed by atoms with Crippen LogP contribution in [0.3, 0.4) is 0 Å². The number of rotatable bonds is 7. The van der Waals surface area contributed by atoms with Crippen molar-refractivity contribution in [3.63, 3.8) is 0 Å². The van der Waals surface area contributed by atoms with Gasteiger partial charge in [0, 0.05) is 43.3 Å². The van der Waals surface area contributed by atoms with Crippen LogP contribution in [0.1, 0.15) is 31.4 Å². The molecule has 0 aromatic carbocycles. The second-order valence-corrected chi connectivity index (χ2v) is 7.51. The fourth-order valence-electron chi connectivity index (χ4n) is 3.70. The van der Waals surface area contributed by atoms with Gasteiger partial charge in [-0.3, -0.25) is 9.78 Å². The summed E-state index contributed by atoms with van der Waals surface area (Å²) in [7, 11) is 0. The van der Waals surface area contributed by atoms with Crippen LogP contribution >= 0.6 is 0 Å². The number of hydrogen-bond donors (Lipinski definition) is 2. The van der Waals surface area contributed by atoms with Crippen molar-refractivity contribution >= 4 is 5.91 Å². The smallest absolute Gasteiger partial charge is 0.228 e. The molecule has 0 spiro atoms.